The summed E-state index contributed by atoms with van der Waals surface area (Å²) in [6.45, 7) is 1.19. The second-order valence-electron chi connectivity index (χ2n) is 3.28. The fourth-order valence-corrected chi connectivity index (χ4v) is 1.93. The Hall–Kier alpha value is -1.00. The second kappa shape index (κ2) is 5.97. The minimum Gasteiger partial charge on any atom is -0.461 e. The Morgan fingerprint density at radius 1 is 1.47 bits per heavy atom. The standard InChI is InChI=1S/C10H7F5INO2/c1-2-19-9(18)7-6(10(13,14)15)4(8(11)12)3-5(16)17-7/h3,8H,2H2,1H3. The van der Waals surface area contributed by atoms with E-state index < -0.39 is 35.4 Å². The largest absolute Gasteiger partial charge is 0.461 e. The Morgan fingerprint density at radius 3 is 2.47 bits per heavy atom. The molecule has 0 spiro atoms. The van der Waals surface area contributed by atoms with E-state index >= 15 is 0 Å². The molecule has 0 radical (unpaired) electrons. The van der Waals surface area contributed by atoms with Gasteiger partial charge in [0.15, 0.2) is 5.69 Å². The molecule has 0 unspecified atom stereocenters. The van der Waals surface area contributed by atoms with Crippen LogP contribution in [0.25, 0.3) is 0 Å². The smallest absolute Gasteiger partial charge is 0.419 e. The molecule has 0 aliphatic rings. The minimum atomic E-state index is -5.12. The van der Waals surface area contributed by atoms with Gasteiger partial charge in [0.05, 0.1) is 12.2 Å². The number of carbonyl (C=O) groups excluding carboxylic acids is 1. The molecule has 9 heteroatoms. The Morgan fingerprint density at radius 2 is 2.05 bits per heavy atom. The monoisotopic (exact) mass is 395 g/mol. The van der Waals surface area contributed by atoms with Crippen molar-refractivity contribution in [3.63, 3.8) is 0 Å². The number of esters is 1. The molecule has 0 aliphatic heterocycles. The molecule has 19 heavy (non-hydrogen) atoms. The van der Waals surface area contributed by atoms with Gasteiger partial charge < -0.3 is 4.74 Å². The average molecular weight is 395 g/mol. The molecule has 0 saturated heterocycles. The molecule has 0 amide bonds. The number of ether oxygens (including phenoxy) is 1. The molecule has 0 aliphatic carbocycles. The van der Waals surface area contributed by atoms with E-state index in [1.165, 1.54) is 29.5 Å². The van der Waals surface area contributed by atoms with Gasteiger partial charge in [0.2, 0.25) is 0 Å². The van der Waals surface area contributed by atoms with Gasteiger partial charge in [-0.05, 0) is 35.6 Å². The lowest BCUT2D eigenvalue weighted by molar-refractivity contribution is -0.140. The maximum atomic E-state index is 12.8. The van der Waals surface area contributed by atoms with Crippen molar-refractivity contribution >= 4 is 28.6 Å². The van der Waals surface area contributed by atoms with Gasteiger partial charge in [0, 0.05) is 5.56 Å². The molecule has 1 heterocycles. The van der Waals surface area contributed by atoms with E-state index in [4.69, 9.17) is 0 Å². The Labute approximate surface area is 118 Å². The quantitative estimate of drug-likeness (QED) is 0.338. The molecule has 0 bridgehead atoms. The van der Waals surface area contributed by atoms with Crippen molar-refractivity contribution in [1.29, 1.82) is 0 Å². The highest BCUT2D eigenvalue weighted by Crippen LogP contribution is 2.38. The third kappa shape index (κ3) is 3.74. The maximum Gasteiger partial charge on any atom is 0.419 e. The summed E-state index contributed by atoms with van der Waals surface area (Å²) >= 11 is 1.45. The summed E-state index contributed by atoms with van der Waals surface area (Å²) in [6, 6.07) is 0.594. The summed E-state index contributed by atoms with van der Waals surface area (Å²) in [5, 5.41) is 0. The summed E-state index contributed by atoms with van der Waals surface area (Å²) in [4.78, 5) is 14.8. The van der Waals surface area contributed by atoms with Crippen LogP contribution in [0.3, 0.4) is 0 Å². The van der Waals surface area contributed by atoms with Crippen molar-refractivity contribution in [3.05, 3.63) is 26.6 Å². The Bertz CT molecular complexity index is 490. The van der Waals surface area contributed by atoms with Gasteiger partial charge in [0.1, 0.15) is 3.70 Å². The molecule has 1 aromatic rings. The van der Waals surface area contributed by atoms with Crippen molar-refractivity contribution in [3.8, 4) is 0 Å². The first kappa shape index (κ1) is 16.1. The van der Waals surface area contributed by atoms with Crippen LogP contribution in [0.4, 0.5) is 22.0 Å². The number of rotatable bonds is 3. The molecule has 0 aromatic carbocycles. The van der Waals surface area contributed by atoms with Crippen LogP contribution < -0.4 is 0 Å². The van der Waals surface area contributed by atoms with E-state index in [0.29, 0.717) is 6.07 Å². The zero-order valence-electron chi connectivity index (χ0n) is 9.39. The normalized spacial score (nSPS) is 11.8. The average Bonchev–Trinajstić information content (AvgIpc) is 2.26. The number of pyridine rings is 1. The van der Waals surface area contributed by atoms with Gasteiger partial charge in [-0.3, -0.25) is 0 Å². The lowest BCUT2D eigenvalue weighted by Gasteiger charge is -2.16. The number of hydrogen-bond donors (Lipinski definition) is 0. The van der Waals surface area contributed by atoms with Gasteiger partial charge in [-0.2, -0.15) is 13.2 Å². The van der Waals surface area contributed by atoms with Crippen LogP contribution in [0.15, 0.2) is 6.07 Å². The summed E-state index contributed by atoms with van der Waals surface area (Å²) < 4.78 is 68.1. The molecule has 106 valence electrons. The maximum absolute atomic E-state index is 12.8. The van der Waals surface area contributed by atoms with E-state index in [0.717, 1.165) is 0 Å². The van der Waals surface area contributed by atoms with Crippen molar-refractivity contribution < 1.29 is 31.5 Å². The predicted octanol–water partition coefficient (Wildman–Crippen LogP) is 3.82. The lowest BCUT2D eigenvalue weighted by Crippen LogP contribution is -2.20. The molecule has 3 nitrogen and oxygen atoms in total. The highest BCUT2D eigenvalue weighted by atomic mass is 127. The first-order valence-electron chi connectivity index (χ1n) is 4.91. The van der Waals surface area contributed by atoms with Crippen LogP contribution in [0.2, 0.25) is 0 Å². The first-order chi connectivity index (χ1) is 8.68. The van der Waals surface area contributed by atoms with E-state index in [-0.39, 0.29) is 10.3 Å². The predicted molar refractivity (Wildman–Crippen MR) is 62.9 cm³/mol. The Kier molecular flexibility index (Phi) is 5.04. The highest BCUT2D eigenvalue weighted by molar-refractivity contribution is 14.1. The van der Waals surface area contributed by atoms with Crippen LogP contribution in [0, 0.1) is 3.70 Å². The highest BCUT2D eigenvalue weighted by Gasteiger charge is 2.41. The van der Waals surface area contributed by atoms with Crippen molar-refractivity contribution in [2.45, 2.75) is 19.5 Å². The third-order valence-electron chi connectivity index (χ3n) is 2.01. The van der Waals surface area contributed by atoms with E-state index in [9.17, 15) is 26.7 Å². The fourth-order valence-electron chi connectivity index (χ4n) is 1.35. The van der Waals surface area contributed by atoms with E-state index in [2.05, 4.69) is 9.72 Å². The zero-order valence-corrected chi connectivity index (χ0v) is 11.6. The molecule has 1 rings (SSSR count). The van der Waals surface area contributed by atoms with Gasteiger partial charge in [-0.25, -0.2) is 18.6 Å². The molecule has 0 saturated carbocycles. The number of hydrogen-bond acceptors (Lipinski definition) is 3. The second-order valence-corrected chi connectivity index (χ2v) is 4.38. The number of aromatic nitrogens is 1. The fraction of sp³-hybridized carbons (Fsp3) is 0.400. The van der Waals surface area contributed by atoms with Crippen LogP contribution in [0.5, 0.6) is 0 Å². The molecular formula is C10H7F5INO2. The van der Waals surface area contributed by atoms with E-state index in [1.807, 2.05) is 0 Å². The third-order valence-corrected chi connectivity index (χ3v) is 2.56. The van der Waals surface area contributed by atoms with Gasteiger partial charge in [0.25, 0.3) is 6.43 Å². The summed E-state index contributed by atoms with van der Waals surface area (Å²) in [5.74, 6) is -1.38. The van der Waals surface area contributed by atoms with Crippen LogP contribution >= 0.6 is 22.6 Å². The number of alkyl halides is 5. The van der Waals surface area contributed by atoms with Gasteiger partial charge in [-0.1, -0.05) is 0 Å². The number of halogens is 6. The van der Waals surface area contributed by atoms with Crippen LogP contribution in [-0.4, -0.2) is 17.6 Å². The molecule has 0 atom stereocenters. The lowest BCUT2D eigenvalue weighted by atomic mass is 10.1. The molecule has 1 aromatic heterocycles. The first-order valence-corrected chi connectivity index (χ1v) is 5.99. The van der Waals surface area contributed by atoms with Crippen molar-refractivity contribution in [2.24, 2.45) is 0 Å². The van der Waals surface area contributed by atoms with Crippen molar-refractivity contribution in [2.75, 3.05) is 6.61 Å². The summed E-state index contributed by atoms with van der Waals surface area (Å²) in [5.41, 5.74) is -4.17. The minimum absolute atomic E-state index is 0.149. The van der Waals surface area contributed by atoms with E-state index in [1.54, 1.807) is 0 Å². The Balaban J connectivity index is 3.56. The van der Waals surface area contributed by atoms with Crippen LogP contribution in [-0.2, 0) is 10.9 Å². The number of nitrogens with zero attached hydrogens (tertiary/aromatic N) is 1. The summed E-state index contributed by atoms with van der Waals surface area (Å²) in [6.07, 6.45) is -8.49. The SMILES string of the molecule is CCOC(=O)c1nc(I)cc(C(F)F)c1C(F)(F)F. The van der Waals surface area contributed by atoms with Gasteiger partial charge in [-0.15, -0.1) is 0 Å². The molecular weight excluding hydrogens is 388 g/mol. The van der Waals surface area contributed by atoms with Crippen molar-refractivity contribution in [1.82, 2.24) is 4.98 Å². The van der Waals surface area contributed by atoms with Crippen LogP contribution in [0.1, 0.15) is 35.0 Å². The summed E-state index contributed by atoms with van der Waals surface area (Å²) in [7, 11) is 0. The van der Waals surface area contributed by atoms with Gasteiger partial charge >= 0.3 is 12.1 Å². The molecule has 0 fully saturated rings. The molecule has 0 N–H and O–H groups in total. The topological polar surface area (TPSA) is 39.2 Å². The zero-order chi connectivity index (χ0) is 14.8. The number of carbonyl (C=O) groups is 1.